The number of aliphatic hydroxyl groups is 1. The summed E-state index contributed by atoms with van der Waals surface area (Å²) in [7, 11) is 0. The van der Waals surface area contributed by atoms with Crippen LogP contribution in [0.15, 0.2) is 11.6 Å². The van der Waals surface area contributed by atoms with Crippen LogP contribution in [0.1, 0.15) is 92.9 Å². The number of rotatable bonds is 8. The average Bonchev–Trinajstić information content (AvgIpc) is 3.18. The van der Waals surface area contributed by atoms with Gasteiger partial charge in [-0.2, -0.15) is 0 Å². The van der Waals surface area contributed by atoms with E-state index in [4.69, 9.17) is 18.9 Å². The first-order valence-electron chi connectivity index (χ1n) is 14.6. The molecule has 2 bridgehead atoms. The highest BCUT2D eigenvalue weighted by atomic mass is 16.6. The Morgan fingerprint density at radius 2 is 1.81 bits per heavy atom. The molecule has 2 saturated heterocycles. The monoisotopic (exact) mass is 520 g/mol. The van der Waals surface area contributed by atoms with E-state index in [1.807, 2.05) is 19.9 Å². The molecular weight excluding hydrogens is 472 g/mol. The second-order valence-corrected chi connectivity index (χ2v) is 12.4. The fourth-order valence-electron chi connectivity index (χ4n) is 7.49. The van der Waals surface area contributed by atoms with E-state index in [1.54, 1.807) is 0 Å². The van der Waals surface area contributed by atoms with Crippen LogP contribution in [0.4, 0.5) is 0 Å². The molecule has 0 radical (unpaired) electrons. The van der Waals surface area contributed by atoms with Crippen LogP contribution < -0.4 is 0 Å². The molecule has 7 nitrogen and oxygen atoms in total. The molecule has 11 atom stereocenters. The van der Waals surface area contributed by atoms with Crippen LogP contribution in [0.2, 0.25) is 0 Å². The molecule has 4 rings (SSSR count). The molecule has 1 unspecified atom stereocenters. The van der Waals surface area contributed by atoms with E-state index in [0.29, 0.717) is 18.9 Å². The molecule has 3 heterocycles. The van der Waals surface area contributed by atoms with Crippen LogP contribution in [0.3, 0.4) is 0 Å². The van der Waals surface area contributed by atoms with Gasteiger partial charge >= 0.3 is 11.9 Å². The second kappa shape index (κ2) is 11.7. The second-order valence-electron chi connectivity index (χ2n) is 12.4. The van der Waals surface area contributed by atoms with Gasteiger partial charge in [0.05, 0.1) is 24.9 Å². The Balaban J connectivity index is 1.67. The minimum atomic E-state index is -0.917. The Bertz CT molecular complexity index is 855. The molecule has 3 fully saturated rings. The lowest BCUT2D eigenvalue weighted by atomic mass is 9.59. The first kappa shape index (κ1) is 28.6. The Kier molecular flexibility index (Phi) is 9.07. The van der Waals surface area contributed by atoms with Crippen molar-refractivity contribution >= 4 is 11.9 Å². The number of carbonyl (C=O) groups is 2. The third kappa shape index (κ3) is 5.79. The van der Waals surface area contributed by atoms with Crippen LogP contribution >= 0.6 is 0 Å². The maximum Gasteiger partial charge on any atom is 0.306 e. The molecule has 1 N–H and O–H groups in total. The fourth-order valence-corrected chi connectivity index (χ4v) is 7.49. The fraction of sp³-hybridized carbons (Fsp3) is 0.867. The molecule has 0 spiro atoms. The molecule has 0 amide bonds. The maximum atomic E-state index is 13.0. The van der Waals surface area contributed by atoms with Gasteiger partial charge in [-0.3, -0.25) is 9.59 Å². The number of carbonyl (C=O) groups excluding carboxylic acids is 2. The van der Waals surface area contributed by atoms with Crippen molar-refractivity contribution in [2.75, 3.05) is 6.61 Å². The van der Waals surface area contributed by atoms with Gasteiger partial charge in [0.15, 0.2) is 0 Å². The van der Waals surface area contributed by atoms with E-state index >= 15 is 0 Å². The van der Waals surface area contributed by atoms with Crippen LogP contribution in [-0.4, -0.2) is 59.8 Å². The van der Waals surface area contributed by atoms with Crippen molar-refractivity contribution in [3.63, 3.8) is 0 Å². The highest BCUT2D eigenvalue weighted by molar-refractivity contribution is 5.69. The summed E-state index contributed by atoms with van der Waals surface area (Å²) in [5.41, 5.74) is -0.128. The van der Waals surface area contributed by atoms with E-state index < -0.39 is 17.8 Å². The van der Waals surface area contributed by atoms with E-state index in [0.717, 1.165) is 37.7 Å². The van der Waals surface area contributed by atoms with Crippen LogP contribution in [0, 0.1) is 29.6 Å². The Labute approximate surface area is 222 Å². The minimum absolute atomic E-state index is 0.0405. The van der Waals surface area contributed by atoms with Crippen molar-refractivity contribution in [1.82, 2.24) is 0 Å². The Morgan fingerprint density at radius 3 is 2.51 bits per heavy atom. The number of hydrogen-bond acceptors (Lipinski definition) is 7. The van der Waals surface area contributed by atoms with E-state index in [1.165, 1.54) is 13.3 Å². The van der Waals surface area contributed by atoms with E-state index in [2.05, 4.69) is 20.8 Å². The number of fused-ring (bicyclic) bond motifs is 2. The summed E-state index contributed by atoms with van der Waals surface area (Å²) in [6.45, 7) is 12.5. The first-order chi connectivity index (χ1) is 17.6. The van der Waals surface area contributed by atoms with E-state index in [9.17, 15) is 14.7 Å². The highest BCUT2D eigenvalue weighted by Crippen LogP contribution is 2.57. The summed E-state index contributed by atoms with van der Waals surface area (Å²) in [5, 5.41) is 11.2. The van der Waals surface area contributed by atoms with Crippen LogP contribution in [0.5, 0.6) is 0 Å². The predicted molar refractivity (Wildman–Crippen MR) is 140 cm³/mol. The number of unbranched alkanes of at least 4 members (excludes halogenated alkanes) is 4. The van der Waals surface area contributed by atoms with Crippen molar-refractivity contribution in [1.29, 1.82) is 0 Å². The van der Waals surface area contributed by atoms with Crippen molar-refractivity contribution in [2.24, 2.45) is 29.6 Å². The Morgan fingerprint density at radius 1 is 1.08 bits per heavy atom. The molecule has 0 aromatic rings. The number of esters is 2. The van der Waals surface area contributed by atoms with Crippen molar-refractivity contribution < 1.29 is 33.6 Å². The van der Waals surface area contributed by atoms with Crippen LogP contribution in [0.25, 0.3) is 0 Å². The zero-order valence-corrected chi connectivity index (χ0v) is 23.6. The topological polar surface area (TPSA) is 91.3 Å². The molecular formula is C30H48O7. The standard InChI is InChI=1S/C30H48O7/c1-7-8-9-10-11-12-25(33)37-24-15-22(32)17(2)14-23-27-26-21(13-18(3)28(27)35-20(5)31)19(4)16-34-30(24,6)29(26)36-23/h14,18-19,21-24,26-29,32H,7-13,15-16H2,1-6H3/b17-14-/t18-,19+,21+,22-,23?,24-,26+,27+,28-,29+,30+/m0/s1. The lowest BCUT2D eigenvalue weighted by Crippen LogP contribution is -2.57. The molecule has 0 aromatic carbocycles. The van der Waals surface area contributed by atoms with Gasteiger partial charge in [-0.25, -0.2) is 0 Å². The summed E-state index contributed by atoms with van der Waals surface area (Å²) >= 11 is 0. The van der Waals surface area contributed by atoms with Crippen molar-refractivity contribution in [3.8, 4) is 0 Å². The molecule has 7 heteroatoms. The van der Waals surface area contributed by atoms with Gasteiger partial charge in [0.25, 0.3) is 0 Å². The molecule has 1 saturated carbocycles. The average molecular weight is 521 g/mol. The summed E-state index contributed by atoms with van der Waals surface area (Å²) < 4.78 is 25.6. The highest BCUT2D eigenvalue weighted by Gasteiger charge is 2.65. The van der Waals surface area contributed by atoms with E-state index in [-0.39, 0.29) is 60.3 Å². The normalized spacial score (nSPS) is 44.5. The molecule has 3 aliphatic heterocycles. The lowest BCUT2D eigenvalue weighted by Gasteiger charge is -2.47. The molecule has 210 valence electrons. The maximum absolute atomic E-state index is 13.0. The summed E-state index contributed by atoms with van der Waals surface area (Å²) in [4.78, 5) is 25.1. The SMILES string of the molecule is CCCCCCCC(=O)O[C@H]1C[C@H](O)/C(C)=C\C2O[C@@H]3[C@@H]4[C@H](C[C@H](C)[C@H](OC(C)=O)[C@H]24)[C@H](C)CO[C@]13C. The van der Waals surface area contributed by atoms with Crippen molar-refractivity contribution in [3.05, 3.63) is 11.6 Å². The third-order valence-electron chi connectivity index (χ3n) is 9.60. The Hall–Kier alpha value is -1.44. The smallest absolute Gasteiger partial charge is 0.306 e. The number of aliphatic hydroxyl groups excluding tert-OH is 1. The predicted octanol–water partition coefficient (Wildman–Crippen LogP) is 4.98. The van der Waals surface area contributed by atoms with Gasteiger partial charge in [-0.1, -0.05) is 52.5 Å². The molecule has 1 aliphatic carbocycles. The van der Waals surface area contributed by atoms with Crippen LogP contribution in [-0.2, 0) is 28.5 Å². The summed E-state index contributed by atoms with van der Waals surface area (Å²) in [6, 6.07) is 0. The largest absolute Gasteiger partial charge is 0.462 e. The van der Waals surface area contributed by atoms with Gasteiger partial charge < -0.3 is 24.1 Å². The molecule has 4 aliphatic rings. The summed E-state index contributed by atoms with van der Waals surface area (Å²) in [6.07, 6.45) is 6.52. The van der Waals surface area contributed by atoms with Crippen molar-refractivity contribution in [2.45, 2.75) is 129 Å². The van der Waals surface area contributed by atoms with Gasteiger partial charge in [0, 0.05) is 31.6 Å². The van der Waals surface area contributed by atoms with Gasteiger partial charge in [0.1, 0.15) is 17.8 Å². The lowest BCUT2D eigenvalue weighted by molar-refractivity contribution is -0.204. The quantitative estimate of drug-likeness (QED) is 0.274. The third-order valence-corrected chi connectivity index (χ3v) is 9.60. The molecule has 0 aromatic heterocycles. The zero-order chi connectivity index (χ0) is 26.9. The van der Waals surface area contributed by atoms with Gasteiger partial charge in [-0.15, -0.1) is 0 Å². The minimum Gasteiger partial charge on any atom is -0.462 e. The van der Waals surface area contributed by atoms with Gasteiger partial charge in [-0.05, 0) is 50.0 Å². The molecule has 37 heavy (non-hydrogen) atoms. The number of ether oxygens (including phenoxy) is 4. The first-order valence-corrected chi connectivity index (χ1v) is 14.6. The van der Waals surface area contributed by atoms with Gasteiger partial charge in [0.2, 0.25) is 0 Å². The summed E-state index contributed by atoms with van der Waals surface area (Å²) in [5.74, 6) is 0.354. The zero-order valence-electron chi connectivity index (χ0n) is 23.6. The number of hydrogen-bond donors (Lipinski definition) is 1.